The van der Waals surface area contributed by atoms with Crippen LogP contribution in [0.1, 0.15) is 21.7 Å². The molecule has 0 bridgehead atoms. The van der Waals surface area contributed by atoms with Crippen LogP contribution in [0.4, 0.5) is 11.4 Å². The van der Waals surface area contributed by atoms with Gasteiger partial charge in [-0.25, -0.2) is 0 Å². The van der Waals surface area contributed by atoms with E-state index in [9.17, 15) is 9.59 Å². The van der Waals surface area contributed by atoms with E-state index in [0.29, 0.717) is 39.7 Å². The lowest BCUT2D eigenvalue weighted by Gasteiger charge is -2.11. The molecule has 0 radical (unpaired) electrons. The molecule has 0 aliphatic carbocycles. The van der Waals surface area contributed by atoms with E-state index in [0.717, 1.165) is 11.3 Å². The van der Waals surface area contributed by atoms with Crippen LogP contribution in [0.5, 0.6) is 0 Å². The van der Waals surface area contributed by atoms with E-state index in [1.165, 1.54) is 0 Å². The van der Waals surface area contributed by atoms with Gasteiger partial charge >= 0.3 is 0 Å². The summed E-state index contributed by atoms with van der Waals surface area (Å²) in [6.07, 6.45) is 0.326. The van der Waals surface area contributed by atoms with Crippen molar-refractivity contribution in [1.82, 2.24) is 5.16 Å². The summed E-state index contributed by atoms with van der Waals surface area (Å²) in [7, 11) is 1.74. The fourth-order valence-corrected chi connectivity index (χ4v) is 3.44. The van der Waals surface area contributed by atoms with Gasteiger partial charge in [0.25, 0.3) is 5.91 Å². The highest BCUT2D eigenvalue weighted by Crippen LogP contribution is 2.33. The number of benzene rings is 2. The second kappa shape index (κ2) is 6.55. The molecule has 3 aromatic rings. The Labute approximate surface area is 160 Å². The smallest absolute Gasteiger partial charge is 0.261 e. The number of nitrogens with zero attached hydrogens (tertiary/aromatic N) is 2. The Morgan fingerprint density at radius 3 is 2.81 bits per heavy atom. The third-order valence-electron chi connectivity index (χ3n) is 4.63. The standard InChI is InChI=1S/C20H16ClN3O3/c1-11-18(19(23-27-11)14-5-3-4-6-15(14)21)20(26)22-13-7-8-16-12(9-13)10-17(25)24(16)2/h3-9H,10H2,1-2H3,(H,22,26). The third-order valence-corrected chi connectivity index (χ3v) is 4.96. The lowest BCUT2D eigenvalue weighted by Crippen LogP contribution is -2.20. The molecular formula is C20H16ClN3O3. The van der Waals surface area contributed by atoms with Gasteiger partial charge in [-0.05, 0) is 36.8 Å². The number of hydrogen-bond donors (Lipinski definition) is 1. The Hall–Kier alpha value is -3.12. The highest BCUT2D eigenvalue weighted by Gasteiger charge is 2.26. The largest absolute Gasteiger partial charge is 0.360 e. The Morgan fingerprint density at radius 1 is 1.26 bits per heavy atom. The first-order valence-electron chi connectivity index (χ1n) is 8.37. The molecule has 0 spiro atoms. The number of aromatic nitrogens is 1. The van der Waals surface area contributed by atoms with Gasteiger partial charge in [0.1, 0.15) is 17.0 Å². The number of hydrogen-bond acceptors (Lipinski definition) is 4. The van der Waals surface area contributed by atoms with E-state index >= 15 is 0 Å². The molecule has 136 valence electrons. The average molecular weight is 382 g/mol. The maximum atomic E-state index is 12.9. The van der Waals surface area contributed by atoms with Gasteiger partial charge in [-0.3, -0.25) is 9.59 Å². The molecule has 27 heavy (non-hydrogen) atoms. The SMILES string of the molecule is Cc1onc(-c2ccccc2Cl)c1C(=O)Nc1ccc2c(c1)CC(=O)N2C. The Balaban J connectivity index is 1.66. The molecule has 0 unspecified atom stereocenters. The van der Waals surface area contributed by atoms with Crippen molar-refractivity contribution < 1.29 is 14.1 Å². The van der Waals surface area contributed by atoms with Crippen LogP contribution in [0, 0.1) is 6.92 Å². The second-order valence-corrected chi connectivity index (χ2v) is 6.78. The van der Waals surface area contributed by atoms with Gasteiger partial charge in [-0.2, -0.15) is 0 Å². The number of carbonyl (C=O) groups excluding carboxylic acids is 2. The molecule has 2 amide bonds. The first kappa shape index (κ1) is 17.3. The Bertz CT molecular complexity index is 1070. The average Bonchev–Trinajstić information content (AvgIpc) is 3.15. The molecule has 1 N–H and O–H groups in total. The van der Waals surface area contributed by atoms with Crippen LogP contribution in [0.3, 0.4) is 0 Å². The summed E-state index contributed by atoms with van der Waals surface area (Å²) in [5.74, 6) is 0.0872. The normalized spacial score (nSPS) is 13.0. The number of rotatable bonds is 3. The van der Waals surface area contributed by atoms with Gasteiger partial charge in [0.2, 0.25) is 5.91 Å². The second-order valence-electron chi connectivity index (χ2n) is 6.37. The molecule has 4 rings (SSSR count). The summed E-state index contributed by atoms with van der Waals surface area (Å²) in [4.78, 5) is 26.3. The van der Waals surface area contributed by atoms with E-state index < -0.39 is 0 Å². The van der Waals surface area contributed by atoms with Gasteiger partial charge in [0, 0.05) is 24.0 Å². The van der Waals surface area contributed by atoms with Crippen LogP contribution in [-0.2, 0) is 11.2 Å². The minimum absolute atomic E-state index is 0.0318. The van der Waals surface area contributed by atoms with Gasteiger partial charge in [-0.15, -0.1) is 0 Å². The number of carbonyl (C=O) groups is 2. The van der Waals surface area contributed by atoms with Crippen LogP contribution in [0.25, 0.3) is 11.3 Å². The van der Waals surface area contributed by atoms with Gasteiger partial charge in [0.15, 0.2) is 0 Å². The summed E-state index contributed by atoms with van der Waals surface area (Å²) >= 11 is 6.25. The predicted molar refractivity (Wildman–Crippen MR) is 103 cm³/mol. The van der Waals surface area contributed by atoms with Crippen molar-refractivity contribution in [3.05, 3.63) is 64.4 Å². The van der Waals surface area contributed by atoms with Gasteiger partial charge in [-0.1, -0.05) is 35.0 Å². The van der Waals surface area contributed by atoms with Crippen molar-refractivity contribution in [2.24, 2.45) is 0 Å². The van der Waals surface area contributed by atoms with Gasteiger partial charge < -0.3 is 14.7 Å². The van der Waals surface area contributed by atoms with E-state index in [1.54, 1.807) is 43.1 Å². The van der Waals surface area contributed by atoms with Crippen LogP contribution in [-0.4, -0.2) is 24.0 Å². The monoisotopic (exact) mass is 381 g/mol. The van der Waals surface area contributed by atoms with Crippen molar-refractivity contribution in [3.63, 3.8) is 0 Å². The number of likely N-dealkylation sites (N-methyl/N-ethyl adjacent to an activating group) is 1. The fourth-order valence-electron chi connectivity index (χ4n) is 3.22. The van der Waals surface area contributed by atoms with Crippen molar-refractivity contribution in [1.29, 1.82) is 0 Å². The zero-order valence-corrected chi connectivity index (χ0v) is 15.5. The van der Waals surface area contributed by atoms with E-state index in [-0.39, 0.29) is 11.8 Å². The van der Waals surface area contributed by atoms with Crippen LogP contribution < -0.4 is 10.2 Å². The molecule has 2 heterocycles. The molecular weight excluding hydrogens is 366 g/mol. The fraction of sp³-hybridized carbons (Fsp3) is 0.150. The van der Waals surface area contributed by atoms with Crippen LogP contribution in [0.2, 0.25) is 5.02 Å². The molecule has 1 aliphatic heterocycles. The first-order chi connectivity index (χ1) is 13.0. The topological polar surface area (TPSA) is 75.4 Å². The van der Waals surface area contributed by atoms with Crippen molar-refractivity contribution in [2.45, 2.75) is 13.3 Å². The maximum Gasteiger partial charge on any atom is 0.261 e. The Kier molecular flexibility index (Phi) is 4.20. The zero-order chi connectivity index (χ0) is 19.1. The van der Waals surface area contributed by atoms with Crippen molar-refractivity contribution >= 4 is 34.8 Å². The van der Waals surface area contributed by atoms with E-state index in [4.69, 9.17) is 16.1 Å². The molecule has 7 heteroatoms. The maximum absolute atomic E-state index is 12.9. The first-order valence-corrected chi connectivity index (χ1v) is 8.75. The molecule has 2 aromatic carbocycles. The number of amides is 2. The summed E-state index contributed by atoms with van der Waals surface area (Å²) in [6, 6.07) is 12.5. The molecule has 1 aromatic heterocycles. The van der Waals surface area contributed by atoms with E-state index in [2.05, 4.69) is 10.5 Å². The molecule has 0 atom stereocenters. The predicted octanol–water partition coefficient (Wildman–Crippen LogP) is 4.07. The number of aryl methyl sites for hydroxylation is 1. The number of halogens is 1. The summed E-state index contributed by atoms with van der Waals surface area (Å²) in [5.41, 5.74) is 3.70. The molecule has 1 aliphatic rings. The minimum atomic E-state index is -0.346. The summed E-state index contributed by atoms with van der Waals surface area (Å²) in [6.45, 7) is 1.68. The third kappa shape index (κ3) is 2.98. The highest BCUT2D eigenvalue weighted by atomic mass is 35.5. The number of fused-ring (bicyclic) bond motifs is 1. The quantitative estimate of drug-likeness (QED) is 0.741. The van der Waals surface area contributed by atoms with Crippen molar-refractivity contribution in [3.8, 4) is 11.3 Å². The van der Waals surface area contributed by atoms with Crippen LogP contribution in [0.15, 0.2) is 47.0 Å². The summed E-state index contributed by atoms with van der Waals surface area (Å²) < 4.78 is 5.25. The number of nitrogens with one attached hydrogen (secondary N) is 1. The molecule has 6 nitrogen and oxygen atoms in total. The Morgan fingerprint density at radius 2 is 2.04 bits per heavy atom. The summed E-state index contributed by atoms with van der Waals surface area (Å²) in [5, 5.41) is 7.36. The minimum Gasteiger partial charge on any atom is -0.360 e. The lowest BCUT2D eigenvalue weighted by molar-refractivity contribution is -0.117. The van der Waals surface area contributed by atoms with E-state index in [1.807, 2.05) is 18.2 Å². The number of anilines is 2. The van der Waals surface area contributed by atoms with Gasteiger partial charge in [0.05, 0.1) is 11.4 Å². The molecule has 0 fully saturated rings. The van der Waals surface area contributed by atoms with Crippen LogP contribution >= 0.6 is 11.6 Å². The molecule has 0 saturated carbocycles. The van der Waals surface area contributed by atoms with Crippen molar-refractivity contribution in [2.75, 3.05) is 17.3 Å². The lowest BCUT2D eigenvalue weighted by atomic mass is 10.1. The highest BCUT2D eigenvalue weighted by molar-refractivity contribution is 6.33. The molecule has 0 saturated heterocycles. The zero-order valence-electron chi connectivity index (χ0n) is 14.7.